The number of carbonyl (C=O) groups is 3. The molecule has 1 aliphatic heterocycles. The molecule has 0 bridgehead atoms. The molecule has 1 aliphatic rings. The summed E-state index contributed by atoms with van der Waals surface area (Å²) in [4.78, 5) is 38.0. The number of rotatable bonds is 13. The molecule has 1 unspecified atom stereocenters. The van der Waals surface area contributed by atoms with Gasteiger partial charge in [0.1, 0.15) is 6.61 Å². The van der Waals surface area contributed by atoms with Crippen molar-refractivity contribution in [2.75, 3.05) is 39.8 Å². The molecule has 0 aromatic heterocycles. The fraction of sp³-hybridized carbons (Fsp3) is 0.393. The monoisotopic (exact) mass is 525 g/mol. The molecular weight excluding hydrogens is 490 g/mol. The third-order valence-electron chi connectivity index (χ3n) is 6.16. The van der Waals surface area contributed by atoms with Crippen LogP contribution in [-0.2, 0) is 16.0 Å². The van der Waals surface area contributed by atoms with E-state index in [2.05, 4.69) is 22.5 Å². The van der Waals surface area contributed by atoms with Crippen molar-refractivity contribution < 1.29 is 33.3 Å². The van der Waals surface area contributed by atoms with Gasteiger partial charge in [-0.15, -0.1) is 0 Å². The predicted octanol–water partition coefficient (Wildman–Crippen LogP) is 3.50. The summed E-state index contributed by atoms with van der Waals surface area (Å²) in [5, 5.41) is 8.88. The van der Waals surface area contributed by atoms with Gasteiger partial charge in [0.25, 0.3) is 0 Å². The standard InChI is InChI=1S/C28H35N3O7/c1-5-13-38-28(34)31-20-10-8-18(9-11-20)14-21(30-27(33)22-7-6-12-29-22)17-23(32)19-15-24(35-2)26(37-4)25(16-19)36-3/h5,8-11,15-16,21-22,29H,1,6-7,12-14,17H2,2-4H3,(H,30,33)(H,31,34)/t21?,22-/m0/s1. The number of ether oxygens (including phenoxy) is 4. The molecule has 2 atom stereocenters. The van der Waals surface area contributed by atoms with Crippen LogP contribution in [0.5, 0.6) is 17.2 Å². The first-order valence-electron chi connectivity index (χ1n) is 12.4. The smallest absolute Gasteiger partial charge is 0.411 e. The predicted molar refractivity (Wildman–Crippen MR) is 143 cm³/mol. The molecule has 204 valence electrons. The Morgan fingerprint density at radius 1 is 1.08 bits per heavy atom. The molecule has 2 aromatic carbocycles. The topological polar surface area (TPSA) is 124 Å². The van der Waals surface area contributed by atoms with E-state index < -0.39 is 12.1 Å². The van der Waals surface area contributed by atoms with E-state index in [-0.39, 0.29) is 30.8 Å². The molecule has 2 amide bonds. The van der Waals surface area contributed by atoms with E-state index in [1.807, 2.05) is 12.1 Å². The Hall–Kier alpha value is -4.05. The second kappa shape index (κ2) is 14.0. The number of amides is 2. The molecule has 0 saturated carbocycles. The van der Waals surface area contributed by atoms with Gasteiger partial charge in [-0.1, -0.05) is 24.8 Å². The zero-order valence-corrected chi connectivity index (χ0v) is 22.0. The second-order valence-electron chi connectivity index (χ2n) is 8.81. The van der Waals surface area contributed by atoms with Crippen LogP contribution in [0.1, 0.15) is 35.2 Å². The highest BCUT2D eigenvalue weighted by atomic mass is 16.5. The van der Waals surface area contributed by atoms with Crippen molar-refractivity contribution in [3.8, 4) is 17.2 Å². The molecular formula is C28H35N3O7. The first-order chi connectivity index (χ1) is 18.4. The van der Waals surface area contributed by atoms with Crippen molar-refractivity contribution >= 4 is 23.5 Å². The van der Waals surface area contributed by atoms with E-state index in [9.17, 15) is 14.4 Å². The van der Waals surface area contributed by atoms with Crippen molar-refractivity contribution in [2.45, 2.75) is 37.8 Å². The van der Waals surface area contributed by atoms with Gasteiger partial charge in [0.05, 0.1) is 27.4 Å². The number of methoxy groups -OCH3 is 3. The molecule has 0 spiro atoms. The number of nitrogens with one attached hydrogen (secondary N) is 3. The summed E-state index contributed by atoms with van der Waals surface area (Å²) in [7, 11) is 4.47. The van der Waals surface area contributed by atoms with Crippen LogP contribution in [0.2, 0.25) is 0 Å². The quantitative estimate of drug-likeness (QED) is 0.268. The molecule has 0 radical (unpaired) electrons. The van der Waals surface area contributed by atoms with Crippen LogP contribution < -0.4 is 30.2 Å². The van der Waals surface area contributed by atoms with Crippen molar-refractivity contribution in [1.82, 2.24) is 10.6 Å². The van der Waals surface area contributed by atoms with Gasteiger partial charge in [0.2, 0.25) is 11.7 Å². The van der Waals surface area contributed by atoms with Gasteiger partial charge in [-0.25, -0.2) is 4.79 Å². The van der Waals surface area contributed by atoms with Gasteiger partial charge in [-0.3, -0.25) is 14.9 Å². The Labute approximate surface area is 222 Å². The van der Waals surface area contributed by atoms with Crippen molar-refractivity contribution in [2.24, 2.45) is 0 Å². The van der Waals surface area contributed by atoms with Crippen LogP contribution in [-0.4, -0.2) is 64.3 Å². The van der Waals surface area contributed by atoms with Crippen LogP contribution in [0.4, 0.5) is 10.5 Å². The summed E-state index contributed by atoms with van der Waals surface area (Å²) < 4.78 is 21.1. The number of carbonyl (C=O) groups excluding carboxylic acids is 3. The molecule has 1 saturated heterocycles. The molecule has 3 N–H and O–H groups in total. The second-order valence-corrected chi connectivity index (χ2v) is 8.81. The van der Waals surface area contributed by atoms with Gasteiger partial charge in [0, 0.05) is 23.7 Å². The lowest BCUT2D eigenvalue weighted by Gasteiger charge is -2.21. The van der Waals surface area contributed by atoms with Crippen LogP contribution >= 0.6 is 0 Å². The van der Waals surface area contributed by atoms with Crippen LogP contribution in [0.15, 0.2) is 49.1 Å². The number of hydrogen-bond acceptors (Lipinski definition) is 8. The molecule has 2 aromatic rings. The van der Waals surface area contributed by atoms with Crippen LogP contribution in [0.3, 0.4) is 0 Å². The van der Waals surface area contributed by atoms with E-state index in [1.54, 1.807) is 24.3 Å². The summed E-state index contributed by atoms with van der Waals surface area (Å²) in [6, 6.07) is 9.61. The average Bonchev–Trinajstić information content (AvgIpc) is 3.47. The summed E-state index contributed by atoms with van der Waals surface area (Å²) in [6.07, 6.45) is 3.06. The molecule has 1 fully saturated rings. The number of Topliss-reactive ketones (excluding diaryl/α,β-unsaturated/α-hetero) is 1. The van der Waals surface area contributed by atoms with Crippen molar-refractivity contribution in [3.63, 3.8) is 0 Å². The number of hydrogen-bond donors (Lipinski definition) is 3. The zero-order valence-electron chi connectivity index (χ0n) is 22.0. The highest BCUT2D eigenvalue weighted by molar-refractivity contribution is 5.98. The van der Waals surface area contributed by atoms with Crippen LogP contribution in [0.25, 0.3) is 0 Å². The fourth-order valence-electron chi connectivity index (χ4n) is 4.27. The summed E-state index contributed by atoms with van der Waals surface area (Å²) >= 11 is 0. The molecule has 10 nitrogen and oxygen atoms in total. The highest BCUT2D eigenvalue weighted by Crippen LogP contribution is 2.38. The van der Waals surface area contributed by atoms with E-state index in [0.29, 0.717) is 34.9 Å². The maximum atomic E-state index is 13.4. The normalized spacial score (nSPS) is 15.2. The number of anilines is 1. The van der Waals surface area contributed by atoms with Gasteiger partial charge in [-0.05, 0) is 55.6 Å². The summed E-state index contributed by atoms with van der Waals surface area (Å²) in [5.41, 5.74) is 1.83. The van der Waals surface area contributed by atoms with Gasteiger partial charge in [0.15, 0.2) is 17.3 Å². The Kier molecular flexibility index (Phi) is 10.5. The van der Waals surface area contributed by atoms with E-state index in [1.165, 1.54) is 27.4 Å². The molecule has 0 aliphatic carbocycles. The maximum Gasteiger partial charge on any atom is 0.411 e. The van der Waals surface area contributed by atoms with E-state index in [4.69, 9.17) is 18.9 Å². The largest absolute Gasteiger partial charge is 0.493 e. The Bertz CT molecular complexity index is 1100. The first kappa shape index (κ1) is 28.5. The van der Waals surface area contributed by atoms with E-state index in [0.717, 1.165) is 24.9 Å². The van der Waals surface area contributed by atoms with Crippen molar-refractivity contribution in [3.05, 3.63) is 60.2 Å². The minimum absolute atomic E-state index is 0.0605. The third-order valence-corrected chi connectivity index (χ3v) is 6.16. The SMILES string of the molecule is C=CCOC(=O)Nc1ccc(CC(CC(=O)c2cc(OC)c(OC)c(OC)c2)NC(=O)[C@@H]2CCCN2)cc1. The fourth-order valence-corrected chi connectivity index (χ4v) is 4.27. The molecule has 38 heavy (non-hydrogen) atoms. The Balaban J connectivity index is 1.77. The van der Waals surface area contributed by atoms with Crippen LogP contribution in [0, 0.1) is 0 Å². The average molecular weight is 526 g/mol. The van der Waals surface area contributed by atoms with Crippen molar-refractivity contribution in [1.29, 1.82) is 0 Å². The lowest BCUT2D eigenvalue weighted by atomic mass is 9.97. The van der Waals surface area contributed by atoms with E-state index >= 15 is 0 Å². The summed E-state index contributed by atoms with van der Waals surface area (Å²) in [5.74, 6) is 0.831. The minimum atomic E-state index is -0.581. The Morgan fingerprint density at radius 3 is 2.32 bits per heavy atom. The third kappa shape index (κ3) is 7.72. The minimum Gasteiger partial charge on any atom is -0.493 e. The lowest BCUT2D eigenvalue weighted by molar-refractivity contribution is -0.123. The van der Waals surface area contributed by atoms with Gasteiger partial charge in [-0.2, -0.15) is 0 Å². The molecule has 10 heteroatoms. The van der Waals surface area contributed by atoms with Gasteiger partial charge < -0.3 is 29.6 Å². The maximum absolute atomic E-state index is 13.4. The number of ketones is 1. The lowest BCUT2D eigenvalue weighted by Crippen LogP contribution is -2.46. The van der Waals surface area contributed by atoms with Gasteiger partial charge >= 0.3 is 6.09 Å². The molecule has 3 rings (SSSR count). The summed E-state index contributed by atoms with van der Waals surface area (Å²) in [6.45, 7) is 4.41. The molecule has 1 heterocycles. The Morgan fingerprint density at radius 2 is 1.76 bits per heavy atom. The number of benzene rings is 2. The first-order valence-corrected chi connectivity index (χ1v) is 12.4. The zero-order chi connectivity index (χ0) is 27.5. The highest BCUT2D eigenvalue weighted by Gasteiger charge is 2.26.